The fraction of sp³-hybridized carbons (Fsp3) is 0.714. The average molecular weight is 130 g/mol. The summed E-state index contributed by atoms with van der Waals surface area (Å²) < 4.78 is 4.97. The van der Waals surface area contributed by atoms with Crippen molar-refractivity contribution >= 4 is 0 Å². The van der Waals surface area contributed by atoms with E-state index in [1.807, 2.05) is 6.92 Å². The van der Waals surface area contributed by atoms with Gasteiger partial charge in [-0.25, -0.2) is 0 Å². The molecule has 1 unspecified atom stereocenters. The van der Waals surface area contributed by atoms with Gasteiger partial charge in [-0.2, -0.15) is 0 Å². The molecule has 0 amide bonds. The predicted octanol–water partition coefficient (Wildman–Crippen LogP) is 0.960. The summed E-state index contributed by atoms with van der Waals surface area (Å²) >= 11 is 0. The third kappa shape index (κ3) is 4.18. The number of hydrogen-bond donors (Lipinski definition) is 1. The molecule has 1 atom stereocenters. The van der Waals surface area contributed by atoms with Crippen molar-refractivity contribution in [3.63, 3.8) is 0 Å². The van der Waals surface area contributed by atoms with Crippen LogP contribution in [0.25, 0.3) is 0 Å². The van der Waals surface area contributed by atoms with E-state index >= 15 is 0 Å². The number of rotatable bonds is 4. The molecule has 0 bridgehead atoms. The summed E-state index contributed by atoms with van der Waals surface area (Å²) in [5.74, 6) is 0. The molecule has 0 heterocycles. The molecule has 1 N–H and O–H groups in total. The van der Waals surface area contributed by atoms with E-state index in [4.69, 9.17) is 4.74 Å². The Bertz CT molecular complexity index is 86.9. The minimum atomic E-state index is -0.865. The van der Waals surface area contributed by atoms with E-state index in [0.717, 1.165) is 0 Å². The highest BCUT2D eigenvalue weighted by Crippen LogP contribution is 2.03. The molecule has 2 heteroatoms. The largest absolute Gasteiger partial charge is 0.384 e. The van der Waals surface area contributed by atoms with Crippen molar-refractivity contribution in [1.29, 1.82) is 0 Å². The van der Waals surface area contributed by atoms with Crippen LogP contribution in [0.4, 0.5) is 0 Å². The zero-order valence-electron chi connectivity index (χ0n) is 6.05. The highest BCUT2D eigenvalue weighted by molar-refractivity contribution is 4.91. The molecule has 0 fully saturated rings. The predicted molar refractivity (Wildman–Crippen MR) is 37.3 cm³/mol. The topological polar surface area (TPSA) is 29.5 Å². The van der Waals surface area contributed by atoms with Gasteiger partial charge in [0.15, 0.2) is 0 Å². The molecule has 2 nitrogen and oxygen atoms in total. The Morgan fingerprint density at radius 1 is 1.78 bits per heavy atom. The Balaban J connectivity index is 3.45. The lowest BCUT2D eigenvalue weighted by Crippen LogP contribution is -2.27. The molecule has 9 heavy (non-hydrogen) atoms. The van der Waals surface area contributed by atoms with Gasteiger partial charge in [0.25, 0.3) is 0 Å². The van der Waals surface area contributed by atoms with E-state index in [0.29, 0.717) is 13.2 Å². The molecule has 0 aromatic heterocycles. The Hall–Kier alpha value is -0.340. The molecule has 54 valence electrons. The molecular weight excluding hydrogens is 116 g/mol. The van der Waals surface area contributed by atoms with Crippen LogP contribution in [-0.2, 0) is 4.74 Å². The molecule has 0 saturated carbocycles. The van der Waals surface area contributed by atoms with E-state index in [1.54, 1.807) is 6.92 Å². The summed E-state index contributed by atoms with van der Waals surface area (Å²) in [7, 11) is 0. The van der Waals surface area contributed by atoms with E-state index in [2.05, 4.69) is 6.58 Å². The summed E-state index contributed by atoms with van der Waals surface area (Å²) in [5, 5.41) is 9.21. The molecule has 0 radical (unpaired) electrons. The van der Waals surface area contributed by atoms with Crippen LogP contribution in [-0.4, -0.2) is 23.9 Å². The van der Waals surface area contributed by atoms with Crippen LogP contribution in [0.3, 0.4) is 0 Å². The highest BCUT2D eigenvalue weighted by atomic mass is 16.5. The maximum Gasteiger partial charge on any atom is 0.103 e. The first-order valence-electron chi connectivity index (χ1n) is 3.06. The second-order valence-electron chi connectivity index (χ2n) is 2.20. The zero-order valence-corrected chi connectivity index (χ0v) is 6.05. The summed E-state index contributed by atoms with van der Waals surface area (Å²) in [6, 6.07) is 0. The monoisotopic (exact) mass is 130 g/mol. The molecule has 0 aromatic rings. The second kappa shape index (κ2) is 3.64. The molecular formula is C7H14O2. The van der Waals surface area contributed by atoms with Crippen LogP contribution in [0, 0.1) is 0 Å². The van der Waals surface area contributed by atoms with Crippen molar-refractivity contribution in [2.24, 2.45) is 0 Å². The van der Waals surface area contributed by atoms with Crippen molar-refractivity contribution in [3.05, 3.63) is 12.7 Å². The maximum atomic E-state index is 9.21. The van der Waals surface area contributed by atoms with Gasteiger partial charge in [0.2, 0.25) is 0 Å². The van der Waals surface area contributed by atoms with Crippen LogP contribution < -0.4 is 0 Å². The summed E-state index contributed by atoms with van der Waals surface area (Å²) in [6.45, 7) is 7.96. The van der Waals surface area contributed by atoms with E-state index in [-0.39, 0.29) is 0 Å². The first-order chi connectivity index (χ1) is 4.12. The zero-order chi connectivity index (χ0) is 7.33. The van der Waals surface area contributed by atoms with Crippen LogP contribution >= 0.6 is 0 Å². The molecule has 0 saturated heterocycles. The fourth-order valence-electron chi connectivity index (χ4n) is 0.368. The lowest BCUT2D eigenvalue weighted by atomic mass is 10.1. The Morgan fingerprint density at radius 2 is 2.33 bits per heavy atom. The molecule has 0 aromatic carbocycles. The average Bonchev–Trinajstić information content (AvgIpc) is 1.84. The molecule has 0 aliphatic heterocycles. The van der Waals surface area contributed by atoms with Gasteiger partial charge in [0.05, 0.1) is 6.61 Å². The standard InChI is InChI=1S/C7H14O2/c1-4-7(3,8)6-9-5-2/h4,8H,1,5-6H2,2-3H3. The van der Waals surface area contributed by atoms with Gasteiger partial charge in [-0.05, 0) is 13.8 Å². The first kappa shape index (κ1) is 8.66. The van der Waals surface area contributed by atoms with Crippen molar-refractivity contribution in [2.75, 3.05) is 13.2 Å². The Kier molecular flexibility index (Phi) is 3.50. The molecule has 0 aliphatic carbocycles. The number of aliphatic hydroxyl groups is 1. The Labute approximate surface area is 56.1 Å². The normalized spacial score (nSPS) is 16.8. The van der Waals surface area contributed by atoms with Crippen LogP contribution in [0.2, 0.25) is 0 Å². The summed E-state index contributed by atoms with van der Waals surface area (Å²) in [5.41, 5.74) is -0.865. The highest BCUT2D eigenvalue weighted by Gasteiger charge is 2.13. The molecule has 0 rings (SSSR count). The van der Waals surface area contributed by atoms with Crippen LogP contribution in [0.1, 0.15) is 13.8 Å². The third-order valence-corrected chi connectivity index (χ3v) is 1.04. The lowest BCUT2D eigenvalue weighted by molar-refractivity contribution is 0.00336. The number of hydrogen-bond acceptors (Lipinski definition) is 2. The summed E-state index contributed by atoms with van der Waals surface area (Å²) in [4.78, 5) is 0. The van der Waals surface area contributed by atoms with Gasteiger partial charge in [-0.15, -0.1) is 6.58 Å². The first-order valence-corrected chi connectivity index (χ1v) is 3.06. The van der Waals surface area contributed by atoms with E-state index in [1.165, 1.54) is 6.08 Å². The van der Waals surface area contributed by atoms with Crippen molar-refractivity contribution in [2.45, 2.75) is 19.4 Å². The fourth-order valence-corrected chi connectivity index (χ4v) is 0.368. The second-order valence-corrected chi connectivity index (χ2v) is 2.20. The van der Waals surface area contributed by atoms with Gasteiger partial charge < -0.3 is 9.84 Å². The van der Waals surface area contributed by atoms with E-state index in [9.17, 15) is 5.11 Å². The third-order valence-electron chi connectivity index (χ3n) is 1.04. The van der Waals surface area contributed by atoms with Gasteiger partial charge in [0, 0.05) is 6.61 Å². The van der Waals surface area contributed by atoms with Crippen LogP contribution in [0.15, 0.2) is 12.7 Å². The summed E-state index contributed by atoms with van der Waals surface area (Å²) in [6.07, 6.45) is 1.47. The smallest absolute Gasteiger partial charge is 0.103 e. The minimum Gasteiger partial charge on any atom is -0.384 e. The lowest BCUT2D eigenvalue weighted by Gasteiger charge is -2.16. The quantitative estimate of drug-likeness (QED) is 0.574. The number of ether oxygens (including phenoxy) is 1. The Morgan fingerprint density at radius 3 is 2.67 bits per heavy atom. The van der Waals surface area contributed by atoms with Gasteiger partial charge in [0.1, 0.15) is 5.60 Å². The van der Waals surface area contributed by atoms with Gasteiger partial charge in [-0.3, -0.25) is 0 Å². The van der Waals surface area contributed by atoms with Crippen molar-refractivity contribution < 1.29 is 9.84 Å². The minimum absolute atomic E-state index is 0.326. The SMILES string of the molecule is C=CC(C)(O)COCC. The van der Waals surface area contributed by atoms with Crippen molar-refractivity contribution in [1.82, 2.24) is 0 Å². The van der Waals surface area contributed by atoms with Crippen molar-refractivity contribution in [3.8, 4) is 0 Å². The molecule has 0 spiro atoms. The van der Waals surface area contributed by atoms with Gasteiger partial charge in [-0.1, -0.05) is 6.08 Å². The maximum absolute atomic E-state index is 9.21. The molecule has 0 aliphatic rings. The van der Waals surface area contributed by atoms with Gasteiger partial charge >= 0.3 is 0 Å². The van der Waals surface area contributed by atoms with Crippen LogP contribution in [0.5, 0.6) is 0 Å². The van der Waals surface area contributed by atoms with E-state index < -0.39 is 5.60 Å².